The SMILES string of the molecule is Cc1ccc(OCCNC(=O)CCCOc2cccc(C)c2)cc1. The lowest BCUT2D eigenvalue weighted by atomic mass is 10.2. The van der Waals surface area contributed by atoms with Gasteiger partial charge >= 0.3 is 0 Å². The lowest BCUT2D eigenvalue weighted by Crippen LogP contribution is -2.28. The molecule has 1 N–H and O–H groups in total. The van der Waals surface area contributed by atoms with Gasteiger partial charge in [0, 0.05) is 6.42 Å². The van der Waals surface area contributed by atoms with Crippen LogP contribution in [-0.2, 0) is 4.79 Å². The highest BCUT2D eigenvalue weighted by molar-refractivity contribution is 5.75. The lowest BCUT2D eigenvalue weighted by Gasteiger charge is -2.09. The number of amides is 1. The van der Waals surface area contributed by atoms with Crippen LogP contribution >= 0.6 is 0 Å². The van der Waals surface area contributed by atoms with E-state index in [0.29, 0.717) is 32.6 Å². The summed E-state index contributed by atoms with van der Waals surface area (Å²) in [4.78, 5) is 11.7. The van der Waals surface area contributed by atoms with Crippen molar-refractivity contribution in [2.75, 3.05) is 19.8 Å². The van der Waals surface area contributed by atoms with Crippen LogP contribution < -0.4 is 14.8 Å². The van der Waals surface area contributed by atoms with Gasteiger partial charge in [-0.25, -0.2) is 0 Å². The molecule has 4 nitrogen and oxygen atoms in total. The zero-order chi connectivity index (χ0) is 17.2. The molecule has 2 rings (SSSR count). The molecule has 0 aliphatic rings. The number of rotatable bonds is 9. The third kappa shape index (κ3) is 6.73. The molecule has 0 aliphatic heterocycles. The van der Waals surface area contributed by atoms with Crippen LogP contribution in [0.4, 0.5) is 0 Å². The minimum Gasteiger partial charge on any atom is -0.494 e. The Balaban J connectivity index is 1.53. The first-order valence-electron chi connectivity index (χ1n) is 8.29. The molecule has 0 unspecified atom stereocenters. The average Bonchev–Trinajstić information content (AvgIpc) is 2.57. The van der Waals surface area contributed by atoms with Crippen LogP contribution in [0.2, 0.25) is 0 Å². The van der Waals surface area contributed by atoms with Crippen molar-refractivity contribution in [3.05, 3.63) is 59.7 Å². The number of carbonyl (C=O) groups is 1. The average molecular weight is 327 g/mol. The standard InChI is InChI=1S/C20H25NO3/c1-16-8-10-18(11-9-16)24-14-12-21-20(22)7-4-13-23-19-6-3-5-17(2)15-19/h3,5-6,8-11,15H,4,7,12-14H2,1-2H3,(H,21,22). The minimum absolute atomic E-state index is 0.0235. The van der Waals surface area contributed by atoms with Gasteiger partial charge in [-0.2, -0.15) is 0 Å². The number of nitrogens with one attached hydrogen (secondary N) is 1. The van der Waals surface area contributed by atoms with Crippen LogP contribution in [0.3, 0.4) is 0 Å². The second-order valence-electron chi connectivity index (χ2n) is 5.78. The van der Waals surface area contributed by atoms with Gasteiger partial charge < -0.3 is 14.8 Å². The van der Waals surface area contributed by atoms with E-state index >= 15 is 0 Å². The third-order valence-electron chi connectivity index (χ3n) is 3.52. The van der Waals surface area contributed by atoms with Crippen LogP contribution in [0.5, 0.6) is 11.5 Å². The molecule has 128 valence electrons. The van der Waals surface area contributed by atoms with Crippen molar-refractivity contribution in [1.82, 2.24) is 5.32 Å². The molecule has 2 aromatic carbocycles. The van der Waals surface area contributed by atoms with Gasteiger partial charge in [0.1, 0.15) is 18.1 Å². The molecule has 24 heavy (non-hydrogen) atoms. The van der Waals surface area contributed by atoms with Crippen molar-refractivity contribution in [1.29, 1.82) is 0 Å². The smallest absolute Gasteiger partial charge is 0.220 e. The van der Waals surface area contributed by atoms with Gasteiger partial charge in [-0.15, -0.1) is 0 Å². The highest BCUT2D eigenvalue weighted by atomic mass is 16.5. The molecule has 4 heteroatoms. The zero-order valence-corrected chi connectivity index (χ0v) is 14.4. The highest BCUT2D eigenvalue weighted by Crippen LogP contribution is 2.13. The number of benzene rings is 2. The van der Waals surface area contributed by atoms with Crippen molar-refractivity contribution >= 4 is 5.91 Å². The van der Waals surface area contributed by atoms with Crippen molar-refractivity contribution in [2.24, 2.45) is 0 Å². The van der Waals surface area contributed by atoms with Crippen LogP contribution in [0.15, 0.2) is 48.5 Å². The molecule has 2 aromatic rings. The predicted molar refractivity (Wildman–Crippen MR) is 95.6 cm³/mol. The summed E-state index contributed by atoms with van der Waals surface area (Å²) < 4.78 is 11.2. The molecule has 0 aliphatic carbocycles. The first-order chi connectivity index (χ1) is 11.6. The summed E-state index contributed by atoms with van der Waals surface area (Å²) in [6.45, 7) is 5.57. The topological polar surface area (TPSA) is 47.6 Å². The minimum atomic E-state index is 0.0235. The first-order valence-corrected chi connectivity index (χ1v) is 8.29. The first kappa shape index (κ1) is 17.9. The largest absolute Gasteiger partial charge is 0.494 e. The van der Waals surface area contributed by atoms with Gasteiger partial charge in [0.25, 0.3) is 0 Å². The van der Waals surface area contributed by atoms with E-state index in [9.17, 15) is 4.79 Å². The molecule has 1 amide bonds. The molecule has 0 aromatic heterocycles. The molecular formula is C20H25NO3. The highest BCUT2D eigenvalue weighted by Gasteiger charge is 2.02. The number of hydrogen-bond acceptors (Lipinski definition) is 3. The Morgan fingerprint density at radius 1 is 0.917 bits per heavy atom. The summed E-state index contributed by atoms with van der Waals surface area (Å²) in [7, 11) is 0. The van der Waals surface area contributed by atoms with E-state index < -0.39 is 0 Å². The molecule has 0 bridgehead atoms. The van der Waals surface area contributed by atoms with Gasteiger partial charge in [-0.1, -0.05) is 29.8 Å². The van der Waals surface area contributed by atoms with Gasteiger partial charge in [0.05, 0.1) is 13.2 Å². The van der Waals surface area contributed by atoms with Crippen LogP contribution in [0, 0.1) is 13.8 Å². The predicted octanol–water partition coefficient (Wildman–Crippen LogP) is 3.66. The van der Waals surface area contributed by atoms with Crippen molar-refractivity contribution in [3.63, 3.8) is 0 Å². The molecule has 0 radical (unpaired) electrons. The molecule has 0 fully saturated rings. The van der Waals surface area contributed by atoms with E-state index in [4.69, 9.17) is 9.47 Å². The van der Waals surface area contributed by atoms with E-state index in [2.05, 4.69) is 5.32 Å². The second-order valence-corrected chi connectivity index (χ2v) is 5.78. The van der Waals surface area contributed by atoms with Gasteiger partial charge in [0.2, 0.25) is 5.91 Å². The maximum atomic E-state index is 11.7. The quantitative estimate of drug-likeness (QED) is 0.715. The fourth-order valence-electron chi connectivity index (χ4n) is 2.21. The Labute approximate surface area is 143 Å². The fourth-order valence-corrected chi connectivity index (χ4v) is 2.21. The van der Waals surface area contributed by atoms with E-state index in [1.165, 1.54) is 11.1 Å². The van der Waals surface area contributed by atoms with Crippen molar-refractivity contribution in [3.8, 4) is 11.5 Å². The summed E-state index contributed by atoms with van der Waals surface area (Å²) in [5.41, 5.74) is 2.36. The molecule has 0 spiro atoms. The lowest BCUT2D eigenvalue weighted by molar-refractivity contribution is -0.121. The van der Waals surface area contributed by atoms with Gasteiger partial charge in [-0.3, -0.25) is 4.79 Å². The Morgan fingerprint density at radius 2 is 1.67 bits per heavy atom. The maximum absolute atomic E-state index is 11.7. The molecule has 0 atom stereocenters. The van der Waals surface area contributed by atoms with Gasteiger partial charge in [-0.05, 0) is 50.1 Å². The molecule has 0 saturated carbocycles. The Hall–Kier alpha value is -2.49. The van der Waals surface area contributed by atoms with Crippen LogP contribution in [-0.4, -0.2) is 25.7 Å². The summed E-state index contributed by atoms with van der Waals surface area (Å²) in [5.74, 6) is 1.69. The zero-order valence-electron chi connectivity index (χ0n) is 14.4. The summed E-state index contributed by atoms with van der Waals surface area (Å²) in [5, 5.41) is 2.85. The van der Waals surface area contributed by atoms with Crippen LogP contribution in [0.1, 0.15) is 24.0 Å². The van der Waals surface area contributed by atoms with E-state index in [0.717, 1.165) is 11.5 Å². The Kier molecular flexibility index (Phi) is 7.15. The molecule has 0 heterocycles. The number of aryl methyl sites for hydroxylation is 2. The van der Waals surface area contributed by atoms with E-state index in [1.54, 1.807) is 0 Å². The second kappa shape index (κ2) is 9.60. The normalized spacial score (nSPS) is 10.2. The van der Waals surface area contributed by atoms with Crippen LogP contribution in [0.25, 0.3) is 0 Å². The van der Waals surface area contributed by atoms with E-state index in [-0.39, 0.29) is 5.91 Å². The monoisotopic (exact) mass is 327 g/mol. The van der Waals surface area contributed by atoms with Gasteiger partial charge in [0.15, 0.2) is 0 Å². The maximum Gasteiger partial charge on any atom is 0.220 e. The molecular weight excluding hydrogens is 302 g/mol. The molecule has 0 saturated heterocycles. The summed E-state index contributed by atoms with van der Waals surface area (Å²) in [6, 6.07) is 15.8. The number of carbonyl (C=O) groups excluding carboxylic acids is 1. The third-order valence-corrected chi connectivity index (χ3v) is 3.52. The summed E-state index contributed by atoms with van der Waals surface area (Å²) in [6.07, 6.45) is 1.15. The van der Waals surface area contributed by atoms with E-state index in [1.807, 2.05) is 62.4 Å². The van der Waals surface area contributed by atoms with Crippen molar-refractivity contribution in [2.45, 2.75) is 26.7 Å². The Morgan fingerprint density at radius 3 is 2.42 bits per heavy atom. The van der Waals surface area contributed by atoms with Crippen molar-refractivity contribution < 1.29 is 14.3 Å². The number of ether oxygens (including phenoxy) is 2. The Bertz CT molecular complexity index is 638. The number of hydrogen-bond donors (Lipinski definition) is 1. The summed E-state index contributed by atoms with van der Waals surface area (Å²) >= 11 is 0. The fraction of sp³-hybridized carbons (Fsp3) is 0.350.